The van der Waals surface area contributed by atoms with Gasteiger partial charge in [-0.25, -0.2) is 13.1 Å². The molecule has 1 fully saturated rings. The monoisotopic (exact) mass is 588 g/mol. The van der Waals surface area contributed by atoms with Gasteiger partial charge in [0.15, 0.2) is 11.6 Å². The molecule has 0 amide bonds. The van der Waals surface area contributed by atoms with E-state index in [9.17, 15) is 23.3 Å². The summed E-state index contributed by atoms with van der Waals surface area (Å²) in [4.78, 5) is 25.9. The molecule has 0 aromatic heterocycles. The van der Waals surface area contributed by atoms with Crippen LogP contribution in [-0.4, -0.2) is 31.8 Å². The molecule has 2 rings (SSSR count). The highest BCUT2D eigenvalue weighted by Crippen LogP contribution is 2.67. The number of nitrogens with one attached hydrogen (secondary N) is 1. The second kappa shape index (κ2) is 11.7. The summed E-state index contributed by atoms with van der Waals surface area (Å²) in [6.07, 6.45) is 11.6. The molecule has 7 heteroatoms. The van der Waals surface area contributed by atoms with Crippen molar-refractivity contribution in [1.82, 2.24) is 4.72 Å². The second-order valence-corrected chi connectivity index (χ2v) is 17.6. The lowest BCUT2D eigenvalue weighted by atomic mass is 9.42. The molecule has 0 aromatic rings. The standard InChI is InChI=1S/C34H56N2O4S/c1-13-15-29(3,4)17-19-32(9,36-41(12,39)40)20-18-30(5,6)34(11)16-14-26-31(7,8)28(38)25(23-35)22-33(26,10)27(34)21-24(2)37/h21-22,26,36H,13-20H2,1-12H3/b27-21-/t26-,32-,33-,34+/m0/s1. The Labute approximate surface area is 250 Å². The van der Waals surface area contributed by atoms with Crippen LogP contribution in [0.15, 0.2) is 23.3 Å². The first kappa shape index (κ1) is 35.4. The Kier molecular flexibility index (Phi) is 10.1. The van der Waals surface area contributed by atoms with Crippen LogP contribution in [0.5, 0.6) is 0 Å². The molecule has 0 saturated heterocycles. The number of allylic oxidation sites excluding steroid dienone is 4. The Hall–Kier alpha value is -1.78. The summed E-state index contributed by atoms with van der Waals surface area (Å²) in [5.41, 5.74) is -1.41. The molecular weight excluding hydrogens is 532 g/mol. The van der Waals surface area contributed by atoms with Crippen LogP contribution in [-0.2, 0) is 19.6 Å². The Morgan fingerprint density at radius 3 is 2.12 bits per heavy atom. The van der Waals surface area contributed by atoms with Gasteiger partial charge in [-0.15, -0.1) is 0 Å². The van der Waals surface area contributed by atoms with Crippen LogP contribution >= 0.6 is 0 Å². The fourth-order valence-corrected chi connectivity index (χ4v) is 9.17. The molecule has 4 atom stereocenters. The van der Waals surface area contributed by atoms with E-state index in [4.69, 9.17) is 0 Å². The van der Waals surface area contributed by atoms with Gasteiger partial charge in [-0.1, -0.05) is 80.4 Å². The SMILES string of the molecule is CCCC(C)(C)CC[C@@](C)(CCC(C)(C)[C@]1(C)CC[C@H]2C(C)(C)C(=O)C(C#N)=C[C@]2(C)/C1=C/C(C)=O)NS(C)(=O)=O. The zero-order valence-electron chi connectivity index (χ0n) is 27.9. The van der Waals surface area contributed by atoms with E-state index in [1.54, 1.807) is 13.0 Å². The Balaban J connectivity index is 2.56. The Morgan fingerprint density at radius 1 is 1.07 bits per heavy atom. The number of hydrogen-bond donors (Lipinski definition) is 1. The fourth-order valence-electron chi connectivity index (χ4n) is 8.07. The number of rotatable bonds is 12. The first-order valence-corrected chi connectivity index (χ1v) is 17.2. The molecule has 0 bridgehead atoms. The quantitative estimate of drug-likeness (QED) is 0.235. The van der Waals surface area contributed by atoms with Crippen LogP contribution in [0.4, 0.5) is 0 Å². The number of fused-ring (bicyclic) bond motifs is 1. The third kappa shape index (κ3) is 7.42. The van der Waals surface area contributed by atoms with Crippen molar-refractivity contribution in [2.75, 3.05) is 6.26 Å². The number of nitrogens with zero attached hydrogens (tertiary/aromatic N) is 1. The molecule has 1 saturated carbocycles. The number of carbonyl (C=O) groups is 2. The molecule has 6 nitrogen and oxygen atoms in total. The Morgan fingerprint density at radius 2 is 1.63 bits per heavy atom. The van der Waals surface area contributed by atoms with Gasteiger partial charge in [-0.3, -0.25) is 9.59 Å². The predicted octanol–water partition coefficient (Wildman–Crippen LogP) is 7.70. The second-order valence-electron chi connectivity index (χ2n) is 15.8. The molecule has 1 N–H and O–H groups in total. The van der Waals surface area contributed by atoms with Crippen molar-refractivity contribution in [2.24, 2.45) is 33.0 Å². The minimum Gasteiger partial charge on any atom is -0.295 e. The maximum Gasteiger partial charge on any atom is 0.209 e. The predicted molar refractivity (Wildman–Crippen MR) is 168 cm³/mol. The lowest BCUT2D eigenvalue weighted by Crippen LogP contribution is -2.56. The summed E-state index contributed by atoms with van der Waals surface area (Å²) >= 11 is 0. The van der Waals surface area contributed by atoms with Gasteiger partial charge < -0.3 is 0 Å². The summed E-state index contributed by atoms with van der Waals surface area (Å²) in [6, 6.07) is 2.14. The van der Waals surface area contributed by atoms with Crippen molar-refractivity contribution in [3.05, 3.63) is 23.3 Å². The number of Topliss-reactive ketones (excluding diaryl/α,β-unsaturated/α-hetero) is 1. The van der Waals surface area contributed by atoms with Crippen molar-refractivity contribution in [2.45, 2.75) is 133 Å². The van der Waals surface area contributed by atoms with E-state index in [-0.39, 0.29) is 33.9 Å². The molecule has 41 heavy (non-hydrogen) atoms. The number of sulfonamides is 1. The van der Waals surface area contributed by atoms with Crippen LogP contribution in [0.2, 0.25) is 0 Å². The van der Waals surface area contributed by atoms with Crippen molar-refractivity contribution in [3.8, 4) is 6.07 Å². The van der Waals surface area contributed by atoms with Gasteiger partial charge in [0.05, 0.1) is 11.8 Å². The molecule has 0 heterocycles. The lowest BCUT2D eigenvalue weighted by molar-refractivity contribution is -0.131. The van der Waals surface area contributed by atoms with Crippen LogP contribution in [0.3, 0.4) is 0 Å². The van der Waals surface area contributed by atoms with Gasteiger partial charge in [0.2, 0.25) is 10.0 Å². The third-order valence-electron chi connectivity index (χ3n) is 11.0. The molecule has 0 unspecified atom stereocenters. The van der Waals surface area contributed by atoms with Crippen molar-refractivity contribution < 1.29 is 18.0 Å². The zero-order valence-corrected chi connectivity index (χ0v) is 28.7. The minimum atomic E-state index is -3.43. The summed E-state index contributed by atoms with van der Waals surface area (Å²) in [6.45, 7) is 22.9. The highest BCUT2D eigenvalue weighted by molar-refractivity contribution is 7.88. The molecule has 2 aliphatic carbocycles. The molecule has 232 valence electrons. The largest absolute Gasteiger partial charge is 0.295 e. The van der Waals surface area contributed by atoms with Crippen LogP contribution in [0.1, 0.15) is 128 Å². The third-order valence-corrected chi connectivity index (χ3v) is 11.8. The van der Waals surface area contributed by atoms with E-state index in [0.717, 1.165) is 50.5 Å². The number of carbonyl (C=O) groups excluding carboxylic acids is 2. The van der Waals surface area contributed by atoms with E-state index >= 15 is 0 Å². The molecule has 0 aliphatic heterocycles. The highest BCUT2D eigenvalue weighted by atomic mass is 32.2. The van der Waals surface area contributed by atoms with Crippen LogP contribution in [0, 0.1) is 44.3 Å². The van der Waals surface area contributed by atoms with Gasteiger partial charge in [0.1, 0.15) is 6.07 Å². The first-order chi connectivity index (χ1) is 18.4. The normalized spacial score (nSPS) is 29.3. The van der Waals surface area contributed by atoms with E-state index in [1.165, 1.54) is 6.26 Å². The topological polar surface area (TPSA) is 104 Å². The van der Waals surface area contributed by atoms with Gasteiger partial charge in [0.25, 0.3) is 0 Å². The van der Waals surface area contributed by atoms with Crippen LogP contribution < -0.4 is 4.72 Å². The number of ketones is 2. The maximum atomic E-state index is 13.2. The molecular formula is C34H56N2O4S. The number of nitriles is 1. The fraction of sp³-hybridized carbons (Fsp3) is 0.794. The average molecular weight is 589 g/mol. The molecule has 2 aliphatic rings. The minimum absolute atomic E-state index is 0.0351. The van der Waals surface area contributed by atoms with Gasteiger partial charge in [-0.2, -0.15) is 5.26 Å². The van der Waals surface area contributed by atoms with Crippen LogP contribution in [0.25, 0.3) is 0 Å². The van der Waals surface area contributed by atoms with E-state index in [0.29, 0.717) is 6.42 Å². The summed E-state index contributed by atoms with van der Waals surface area (Å²) in [7, 11) is -3.43. The van der Waals surface area contributed by atoms with Crippen molar-refractivity contribution in [3.63, 3.8) is 0 Å². The molecule has 0 aromatic carbocycles. The highest BCUT2D eigenvalue weighted by Gasteiger charge is 2.61. The van der Waals surface area contributed by atoms with E-state index in [1.807, 2.05) is 26.8 Å². The first-order valence-electron chi connectivity index (χ1n) is 15.3. The zero-order chi connectivity index (χ0) is 31.9. The van der Waals surface area contributed by atoms with E-state index < -0.39 is 31.8 Å². The number of hydrogen-bond acceptors (Lipinski definition) is 5. The summed E-state index contributed by atoms with van der Waals surface area (Å²) < 4.78 is 28.0. The van der Waals surface area contributed by atoms with Crippen molar-refractivity contribution >= 4 is 21.6 Å². The lowest BCUT2D eigenvalue weighted by Gasteiger charge is -2.61. The molecule has 0 spiro atoms. The summed E-state index contributed by atoms with van der Waals surface area (Å²) in [5.74, 6) is -0.208. The smallest absolute Gasteiger partial charge is 0.209 e. The maximum absolute atomic E-state index is 13.2. The van der Waals surface area contributed by atoms with Gasteiger partial charge >= 0.3 is 0 Å². The summed E-state index contributed by atoms with van der Waals surface area (Å²) in [5, 5.41) is 9.88. The van der Waals surface area contributed by atoms with E-state index in [2.05, 4.69) is 59.3 Å². The molecule has 0 radical (unpaired) electrons. The Bertz CT molecular complexity index is 1250. The van der Waals surface area contributed by atoms with Gasteiger partial charge in [0, 0.05) is 16.4 Å². The van der Waals surface area contributed by atoms with Gasteiger partial charge in [-0.05, 0) is 87.0 Å². The van der Waals surface area contributed by atoms with Crippen molar-refractivity contribution in [1.29, 1.82) is 5.26 Å². The average Bonchev–Trinajstić information content (AvgIpc) is 2.80.